The molecular formula is C15H12O2. The number of hydrogen-bond donors (Lipinski definition) is 1. The molecule has 0 spiro atoms. The van der Waals surface area contributed by atoms with E-state index in [2.05, 4.69) is 0 Å². The summed E-state index contributed by atoms with van der Waals surface area (Å²) in [6.45, 7) is 0. The van der Waals surface area contributed by atoms with E-state index in [-0.39, 0.29) is 5.75 Å². The molecule has 2 heteroatoms. The Balaban J connectivity index is 1.99. The lowest BCUT2D eigenvalue weighted by Gasteiger charge is -2.19. The number of para-hydroxylation sites is 1. The lowest BCUT2D eigenvalue weighted by atomic mass is 10.0. The fourth-order valence-electron chi connectivity index (χ4n) is 1.98. The normalized spacial score (nSPS) is 13.5. The number of allylic oxidation sites excluding steroid dienone is 1. The molecular weight excluding hydrogens is 212 g/mol. The zero-order valence-corrected chi connectivity index (χ0v) is 9.26. The molecule has 0 aromatic heterocycles. The zero-order chi connectivity index (χ0) is 11.7. The molecule has 1 aliphatic heterocycles. The molecule has 0 atom stereocenters. The molecule has 0 saturated heterocycles. The molecule has 84 valence electrons. The van der Waals surface area contributed by atoms with Crippen LogP contribution in [0, 0.1) is 0 Å². The van der Waals surface area contributed by atoms with Gasteiger partial charge in [0.25, 0.3) is 0 Å². The van der Waals surface area contributed by atoms with E-state index in [0.29, 0.717) is 5.75 Å². The summed E-state index contributed by atoms with van der Waals surface area (Å²) in [7, 11) is 0. The van der Waals surface area contributed by atoms with Crippen molar-refractivity contribution in [2.24, 2.45) is 0 Å². The van der Waals surface area contributed by atoms with Crippen molar-refractivity contribution in [3.63, 3.8) is 0 Å². The summed E-state index contributed by atoms with van der Waals surface area (Å²) in [6, 6.07) is 15.4. The molecule has 0 fully saturated rings. The first-order valence-corrected chi connectivity index (χ1v) is 5.59. The number of phenolic OH excluding ortho intramolecular Hbond substituents is 1. The summed E-state index contributed by atoms with van der Waals surface area (Å²) >= 11 is 0. The van der Waals surface area contributed by atoms with Gasteiger partial charge in [0, 0.05) is 11.1 Å². The van der Waals surface area contributed by atoms with Gasteiger partial charge in [0.1, 0.15) is 5.76 Å². The predicted molar refractivity (Wildman–Crippen MR) is 66.9 cm³/mol. The van der Waals surface area contributed by atoms with E-state index in [1.54, 1.807) is 6.07 Å². The van der Waals surface area contributed by atoms with Crippen molar-refractivity contribution in [2.75, 3.05) is 0 Å². The van der Waals surface area contributed by atoms with Gasteiger partial charge < -0.3 is 9.84 Å². The molecule has 2 aromatic rings. The van der Waals surface area contributed by atoms with Crippen molar-refractivity contribution >= 4 is 5.76 Å². The molecule has 2 aromatic carbocycles. The van der Waals surface area contributed by atoms with Gasteiger partial charge in [0.05, 0.1) is 0 Å². The summed E-state index contributed by atoms with van der Waals surface area (Å²) in [5, 5.41) is 9.77. The Morgan fingerprint density at radius 2 is 1.76 bits per heavy atom. The second-order valence-corrected chi connectivity index (χ2v) is 4.01. The van der Waals surface area contributed by atoms with Crippen molar-refractivity contribution in [3.05, 3.63) is 65.7 Å². The minimum atomic E-state index is 0.198. The van der Waals surface area contributed by atoms with E-state index in [1.807, 2.05) is 48.5 Å². The monoisotopic (exact) mass is 224 g/mol. The highest BCUT2D eigenvalue weighted by molar-refractivity contribution is 5.67. The van der Waals surface area contributed by atoms with Gasteiger partial charge in [-0.15, -0.1) is 0 Å². The van der Waals surface area contributed by atoms with Crippen LogP contribution in [0.4, 0.5) is 0 Å². The highest BCUT2D eigenvalue weighted by atomic mass is 16.5. The van der Waals surface area contributed by atoms with E-state index in [0.717, 1.165) is 23.3 Å². The predicted octanol–water partition coefficient (Wildman–Crippen LogP) is 3.37. The van der Waals surface area contributed by atoms with Gasteiger partial charge in [-0.2, -0.15) is 0 Å². The maximum atomic E-state index is 9.77. The highest BCUT2D eigenvalue weighted by Gasteiger charge is 2.16. The molecule has 1 aliphatic rings. The molecule has 17 heavy (non-hydrogen) atoms. The number of ether oxygens (including phenoxy) is 1. The van der Waals surface area contributed by atoms with E-state index in [9.17, 15) is 5.11 Å². The van der Waals surface area contributed by atoms with Crippen LogP contribution in [0.15, 0.2) is 54.6 Å². The zero-order valence-electron chi connectivity index (χ0n) is 9.26. The average Bonchev–Trinajstić information content (AvgIpc) is 2.40. The maximum Gasteiger partial charge on any atom is 0.172 e. The van der Waals surface area contributed by atoms with Gasteiger partial charge in [-0.25, -0.2) is 0 Å². The summed E-state index contributed by atoms with van der Waals surface area (Å²) in [5.74, 6) is 1.58. The molecule has 1 N–H and O–H groups in total. The average molecular weight is 224 g/mol. The van der Waals surface area contributed by atoms with Gasteiger partial charge in [-0.3, -0.25) is 0 Å². The van der Waals surface area contributed by atoms with Gasteiger partial charge >= 0.3 is 0 Å². The van der Waals surface area contributed by atoms with Crippen LogP contribution in [0.5, 0.6) is 11.5 Å². The second kappa shape index (κ2) is 3.98. The van der Waals surface area contributed by atoms with Gasteiger partial charge in [0.2, 0.25) is 0 Å². The third kappa shape index (κ3) is 1.78. The summed E-state index contributed by atoms with van der Waals surface area (Å²) in [4.78, 5) is 0. The van der Waals surface area contributed by atoms with Crippen LogP contribution >= 0.6 is 0 Å². The smallest absolute Gasteiger partial charge is 0.172 e. The van der Waals surface area contributed by atoms with Gasteiger partial charge in [-0.05, 0) is 18.6 Å². The van der Waals surface area contributed by atoms with Crippen LogP contribution < -0.4 is 4.74 Å². The van der Waals surface area contributed by atoms with Crippen molar-refractivity contribution in [1.29, 1.82) is 0 Å². The fraction of sp³-hybridized carbons (Fsp3) is 0.0667. The van der Waals surface area contributed by atoms with Crippen LogP contribution in [0.25, 0.3) is 5.76 Å². The second-order valence-electron chi connectivity index (χ2n) is 4.01. The molecule has 3 rings (SSSR count). The molecule has 0 bridgehead atoms. The number of hydrogen-bond acceptors (Lipinski definition) is 2. The van der Waals surface area contributed by atoms with Gasteiger partial charge in [0.15, 0.2) is 11.5 Å². The van der Waals surface area contributed by atoms with Crippen LogP contribution in [-0.2, 0) is 6.42 Å². The van der Waals surface area contributed by atoms with Crippen molar-refractivity contribution in [1.82, 2.24) is 0 Å². The Morgan fingerprint density at radius 3 is 2.59 bits per heavy atom. The minimum Gasteiger partial charge on any atom is -0.504 e. The summed E-state index contributed by atoms with van der Waals surface area (Å²) < 4.78 is 5.76. The molecule has 0 saturated carbocycles. The van der Waals surface area contributed by atoms with Crippen molar-refractivity contribution in [3.8, 4) is 11.5 Å². The highest BCUT2D eigenvalue weighted by Crippen LogP contribution is 2.37. The van der Waals surface area contributed by atoms with Crippen LogP contribution in [-0.4, -0.2) is 5.11 Å². The summed E-state index contributed by atoms with van der Waals surface area (Å²) in [5.41, 5.74) is 2.05. The SMILES string of the molecule is Oc1cccc2c1OC(c1ccccc1)=CC2. The Kier molecular flexibility index (Phi) is 2.33. The van der Waals surface area contributed by atoms with E-state index >= 15 is 0 Å². The first kappa shape index (κ1) is 9.97. The first-order chi connectivity index (χ1) is 8.34. The molecule has 0 aliphatic carbocycles. The fourth-order valence-corrected chi connectivity index (χ4v) is 1.98. The Morgan fingerprint density at radius 1 is 0.941 bits per heavy atom. The first-order valence-electron chi connectivity index (χ1n) is 5.59. The van der Waals surface area contributed by atoms with Crippen LogP contribution in [0.1, 0.15) is 11.1 Å². The molecule has 0 radical (unpaired) electrons. The molecule has 2 nitrogen and oxygen atoms in total. The number of aromatic hydroxyl groups is 1. The molecule has 0 amide bonds. The number of benzene rings is 2. The van der Waals surface area contributed by atoms with E-state index in [1.165, 1.54) is 0 Å². The largest absolute Gasteiger partial charge is 0.504 e. The number of fused-ring (bicyclic) bond motifs is 1. The van der Waals surface area contributed by atoms with Crippen molar-refractivity contribution in [2.45, 2.75) is 6.42 Å². The topological polar surface area (TPSA) is 29.5 Å². The molecule has 0 unspecified atom stereocenters. The quantitative estimate of drug-likeness (QED) is 0.804. The third-order valence-electron chi connectivity index (χ3n) is 2.85. The van der Waals surface area contributed by atoms with Crippen molar-refractivity contribution < 1.29 is 9.84 Å². The number of rotatable bonds is 1. The molecule has 1 heterocycles. The third-order valence-corrected chi connectivity index (χ3v) is 2.85. The lowest BCUT2D eigenvalue weighted by Crippen LogP contribution is -2.03. The Bertz CT molecular complexity index is 571. The van der Waals surface area contributed by atoms with E-state index in [4.69, 9.17) is 4.74 Å². The Labute approximate surface area is 99.8 Å². The lowest BCUT2D eigenvalue weighted by molar-refractivity contribution is 0.416. The van der Waals surface area contributed by atoms with Crippen LogP contribution in [0.2, 0.25) is 0 Å². The number of phenols is 1. The minimum absolute atomic E-state index is 0.198. The van der Waals surface area contributed by atoms with E-state index < -0.39 is 0 Å². The van der Waals surface area contributed by atoms with Gasteiger partial charge in [-0.1, -0.05) is 42.5 Å². The Hall–Kier alpha value is -2.22. The summed E-state index contributed by atoms with van der Waals surface area (Å²) in [6.07, 6.45) is 2.82. The standard InChI is InChI=1S/C15H12O2/c16-13-8-4-7-12-9-10-14(17-15(12)13)11-5-2-1-3-6-11/h1-8,10,16H,9H2. The maximum absolute atomic E-state index is 9.77. The van der Waals surface area contributed by atoms with Crippen LogP contribution in [0.3, 0.4) is 0 Å².